The molecule has 2 aromatic rings. The molecule has 0 aliphatic rings. The van der Waals surface area contributed by atoms with Crippen LogP contribution in [0.15, 0.2) is 35.8 Å². The Hall–Kier alpha value is -2.74. The summed E-state index contributed by atoms with van der Waals surface area (Å²) in [5, 5.41) is 4.90. The number of carbonyl (C=O) groups is 3. The lowest BCUT2D eigenvalue weighted by Gasteiger charge is -2.38. The molecule has 1 aromatic heterocycles. The van der Waals surface area contributed by atoms with Gasteiger partial charge in [-0.25, -0.2) is 4.98 Å². The minimum absolute atomic E-state index is 0.0163. The summed E-state index contributed by atoms with van der Waals surface area (Å²) < 4.78 is 0. The highest BCUT2D eigenvalue weighted by atomic mass is 32.1. The zero-order valence-electron chi connectivity index (χ0n) is 17.3. The summed E-state index contributed by atoms with van der Waals surface area (Å²) in [7, 11) is 0. The maximum Gasteiger partial charge on any atom is 0.241 e. The zero-order chi connectivity index (χ0) is 21.6. The van der Waals surface area contributed by atoms with E-state index in [1.807, 2.05) is 52.0 Å². The highest BCUT2D eigenvalue weighted by molar-refractivity contribution is 7.13. The van der Waals surface area contributed by atoms with Crippen molar-refractivity contribution in [2.24, 2.45) is 11.1 Å². The summed E-state index contributed by atoms with van der Waals surface area (Å²) >= 11 is 1.30. The second-order valence-electron chi connectivity index (χ2n) is 7.84. The average Bonchev–Trinajstić information content (AvgIpc) is 3.15. The molecule has 1 heterocycles. The van der Waals surface area contributed by atoms with Gasteiger partial charge in [-0.05, 0) is 29.5 Å². The molecule has 1 unspecified atom stereocenters. The third kappa shape index (κ3) is 6.12. The van der Waals surface area contributed by atoms with E-state index in [-0.39, 0.29) is 24.7 Å². The van der Waals surface area contributed by atoms with Crippen LogP contribution in [0.25, 0.3) is 0 Å². The first-order chi connectivity index (χ1) is 13.6. The Kier molecular flexibility index (Phi) is 7.50. The fourth-order valence-electron chi connectivity index (χ4n) is 3.08. The summed E-state index contributed by atoms with van der Waals surface area (Å²) in [4.78, 5) is 43.0. The maximum atomic E-state index is 13.1. The number of benzene rings is 1. The van der Waals surface area contributed by atoms with Gasteiger partial charge >= 0.3 is 0 Å². The average molecular weight is 417 g/mol. The maximum absolute atomic E-state index is 13.1. The van der Waals surface area contributed by atoms with Crippen LogP contribution in [0.3, 0.4) is 0 Å². The van der Waals surface area contributed by atoms with Crippen LogP contribution >= 0.6 is 11.3 Å². The number of aromatic nitrogens is 1. The fourth-order valence-corrected chi connectivity index (χ4v) is 3.62. The lowest BCUT2D eigenvalue weighted by Crippen LogP contribution is -2.55. The lowest BCUT2D eigenvalue weighted by molar-refractivity contribution is -0.127. The van der Waals surface area contributed by atoms with E-state index >= 15 is 0 Å². The number of hydrogen-bond acceptors (Lipinski definition) is 5. The Balaban J connectivity index is 2.24. The van der Waals surface area contributed by atoms with Crippen LogP contribution in [0, 0.1) is 5.41 Å². The van der Waals surface area contributed by atoms with Gasteiger partial charge in [0.15, 0.2) is 5.13 Å². The van der Waals surface area contributed by atoms with Gasteiger partial charge in [-0.1, -0.05) is 39.8 Å². The van der Waals surface area contributed by atoms with Crippen molar-refractivity contribution in [3.63, 3.8) is 0 Å². The molecule has 3 amide bonds. The number of nitrogens with two attached hydrogens (primary N) is 1. The van der Waals surface area contributed by atoms with E-state index in [0.717, 1.165) is 12.0 Å². The van der Waals surface area contributed by atoms with Gasteiger partial charge in [-0.15, -0.1) is 11.3 Å². The molecule has 7 nitrogen and oxygen atoms in total. The number of nitrogens with zero attached hydrogens (tertiary/aromatic N) is 2. The molecule has 1 atom stereocenters. The molecule has 0 saturated heterocycles. The van der Waals surface area contributed by atoms with Crippen molar-refractivity contribution < 1.29 is 14.4 Å². The lowest BCUT2D eigenvalue weighted by atomic mass is 9.84. The van der Waals surface area contributed by atoms with E-state index in [2.05, 4.69) is 10.3 Å². The molecule has 156 valence electrons. The van der Waals surface area contributed by atoms with Gasteiger partial charge in [0.1, 0.15) is 6.04 Å². The predicted molar refractivity (Wildman–Crippen MR) is 116 cm³/mol. The highest BCUT2D eigenvalue weighted by Crippen LogP contribution is 2.30. The summed E-state index contributed by atoms with van der Waals surface area (Å²) in [6, 6.07) is 6.63. The number of nitrogens with one attached hydrogen (secondary N) is 1. The van der Waals surface area contributed by atoms with E-state index in [4.69, 9.17) is 5.73 Å². The second-order valence-corrected chi connectivity index (χ2v) is 8.73. The van der Waals surface area contributed by atoms with E-state index in [9.17, 15) is 14.4 Å². The SMILES string of the molecule is CCc1ccc(N(C(=O)CCC(=O)Nc2nccs2)C(C(N)=O)C(C)(C)C)cc1. The molecule has 8 heteroatoms. The molecule has 0 bridgehead atoms. The number of rotatable bonds is 8. The molecule has 0 saturated carbocycles. The highest BCUT2D eigenvalue weighted by Gasteiger charge is 2.38. The number of hydrogen-bond donors (Lipinski definition) is 2. The minimum atomic E-state index is -0.843. The molecule has 3 N–H and O–H groups in total. The zero-order valence-corrected chi connectivity index (χ0v) is 18.1. The second kappa shape index (κ2) is 9.65. The monoisotopic (exact) mass is 416 g/mol. The molecule has 0 radical (unpaired) electrons. The molecule has 0 aliphatic carbocycles. The molecule has 29 heavy (non-hydrogen) atoms. The Morgan fingerprint density at radius 1 is 1.17 bits per heavy atom. The van der Waals surface area contributed by atoms with Crippen molar-refractivity contribution in [2.45, 2.75) is 53.0 Å². The molecule has 0 spiro atoms. The van der Waals surface area contributed by atoms with Crippen LogP contribution in [-0.4, -0.2) is 28.7 Å². The summed E-state index contributed by atoms with van der Waals surface area (Å²) in [5.41, 5.74) is 6.82. The van der Waals surface area contributed by atoms with Crippen LogP contribution in [-0.2, 0) is 20.8 Å². The van der Waals surface area contributed by atoms with Gasteiger partial charge < -0.3 is 11.1 Å². The topological polar surface area (TPSA) is 105 Å². The van der Waals surface area contributed by atoms with E-state index in [1.165, 1.54) is 16.2 Å². The number of aryl methyl sites for hydroxylation is 1. The fraction of sp³-hybridized carbons (Fsp3) is 0.429. The van der Waals surface area contributed by atoms with Gasteiger partial charge in [-0.3, -0.25) is 19.3 Å². The molecular formula is C21H28N4O3S. The summed E-state index contributed by atoms with van der Waals surface area (Å²) in [6.45, 7) is 7.62. The van der Waals surface area contributed by atoms with E-state index in [1.54, 1.807) is 11.6 Å². The number of anilines is 2. The summed E-state index contributed by atoms with van der Waals surface area (Å²) in [6.07, 6.45) is 2.39. The van der Waals surface area contributed by atoms with E-state index in [0.29, 0.717) is 10.8 Å². The van der Waals surface area contributed by atoms with Crippen molar-refractivity contribution in [1.82, 2.24) is 4.98 Å². The van der Waals surface area contributed by atoms with Gasteiger partial charge in [0, 0.05) is 30.1 Å². The Labute approximate surface area is 175 Å². The van der Waals surface area contributed by atoms with Gasteiger partial charge in [-0.2, -0.15) is 0 Å². The van der Waals surface area contributed by atoms with Crippen LogP contribution in [0.5, 0.6) is 0 Å². The van der Waals surface area contributed by atoms with Crippen LogP contribution in [0.4, 0.5) is 10.8 Å². The van der Waals surface area contributed by atoms with Gasteiger partial charge in [0.05, 0.1) is 0 Å². The number of amides is 3. The van der Waals surface area contributed by atoms with Crippen molar-refractivity contribution in [1.29, 1.82) is 0 Å². The van der Waals surface area contributed by atoms with Crippen molar-refractivity contribution in [2.75, 3.05) is 10.2 Å². The van der Waals surface area contributed by atoms with Crippen LogP contribution < -0.4 is 16.0 Å². The minimum Gasteiger partial charge on any atom is -0.368 e. The summed E-state index contributed by atoms with van der Waals surface area (Å²) in [5.74, 6) is -1.22. The predicted octanol–water partition coefficient (Wildman–Crippen LogP) is 3.36. The standard InChI is InChI=1S/C21H28N4O3S/c1-5-14-6-8-15(9-7-14)25(18(19(22)28)21(2,3)4)17(27)11-10-16(26)24-20-23-12-13-29-20/h6-9,12-13,18H,5,10-11H2,1-4H3,(H2,22,28)(H,23,24,26). The number of primary amides is 1. The molecular weight excluding hydrogens is 388 g/mol. The largest absolute Gasteiger partial charge is 0.368 e. The third-order valence-corrected chi connectivity index (χ3v) is 5.17. The molecule has 1 aromatic carbocycles. The first-order valence-electron chi connectivity index (χ1n) is 9.53. The van der Waals surface area contributed by atoms with Crippen LogP contribution in [0.2, 0.25) is 0 Å². The van der Waals surface area contributed by atoms with Crippen molar-refractivity contribution in [3.05, 3.63) is 41.4 Å². The third-order valence-electron chi connectivity index (χ3n) is 4.48. The molecule has 0 aliphatic heterocycles. The van der Waals surface area contributed by atoms with Gasteiger partial charge in [0.25, 0.3) is 0 Å². The first kappa shape index (κ1) is 22.5. The number of thiazole rings is 1. The number of carbonyl (C=O) groups excluding carboxylic acids is 3. The first-order valence-corrected chi connectivity index (χ1v) is 10.4. The van der Waals surface area contributed by atoms with Crippen molar-refractivity contribution in [3.8, 4) is 0 Å². The smallest absolute Gasteiger partial charge is 0.241 e. The molecule has 2 rings (SSSR count). The van der Waals surface area contributed by atoms with E-state index < -0.39 is 17.4 Å². The van der Waals surface area contributed by atoms with Crippen molar-refractivity contribution >= 4 is 39.9 Å². The normalized spacial score (nSPS) is 12.3. The Morgan fingerprint density at radius 3 is 2.31 bits per heavy atom. The Morgan fingerprint density at radius 2 is 1.83 bits per heavy atom. The molecule has 0 fully saturated rings. The van der Waals surface area contributed by atoms with Gasteiger partial charge in [0.2, 0.25) is 17.7 Å². The quantitative estimate of drug-likeness (QED) is 0.688. The Bertz CT molecular complexity index is 842. The van der Waals surface area contributed by atoms with Crippen LogP contribution in [0.1, 0.15) is 46.1 Å².